The standard InChI is InChI=1S/C11H10FNO3/c1-7(14)11(5-6-11)10-8(12)3-2-4-9(10)13(15)16/h2-4H,5-6H2,1H3. The van der Waals surface area contributed by atoms with Gasteiger partial charge in [-0.15, -0.1) is 0 Å². The molecule has 84 valence electrons. The number of ketones is 1. The van der Waals surface area contributed by atoms with Gasteiger partial charge in [0, 0.05) is 6.07 Å². The lowest BCUT2D eigenvalue weighted by Gasteiger charge is -2.12. The minimum atomic E-state index is -0.951. The molecule has 0 heterocycles. The molecule has 0 atom stereocenters. The minimum Gasteiger partial charge on any atom is -0.299 e. The Hall–Kier alpha value is -1.78. The second-order valence-corrected chi connectivity index (χ2v) is 4.03. The Bertz CT molecular complexity index is 480. The highest BCUT2D eigenvalue weighted by Crippen LogP contribution is 2.52. The average molecular weight is 223 g/mol. The van der Waals surface area contributed by atoms with Crippen LogP contribution in [0.4, 0.5) is 10.1 Å². The van der Waals surface area contributed by atoms with E-state index in [9.17, 15) is 19.3 Å². The molecule has 0 aliphatic heterocycles. The van der Waals surface area contributed by atoms with Crippen LogP contribution in [0.1, 0.15) is 25.3 Å². The van der Waals surface area contributed by atoms with E-state index in [0.29, 0.717) is 12.8 Å². The summed E-state index contributed by atoms with van der Waals surface area (Å²) in [6.07, 6.45) is 0.980. The number of nitro benzene ring substituents is 1. The van der Waals surface area contributed by atoms with Gasteiger partial charge >= 0.3 is 0 Å². The highest BCUT2D eigenvalue weighted by Gasteiger charge is 2.53. The molecular formula is C11H10FNO3. The average Bonchev–Trinajstić information content (AvgIpc) is 2.98. The maximum atomic E-state index is 13.6. The minimum absolute atomic E-state index is 0.0486. The Morgan fingerprint density at radius 1 is 1.50 bits per heavy atom. The molecule has 1 fully saturated rings. The van der Waals surface area contributed by atoms with Crippen LogP contribution in [-0.2, 0) is 10.2 Å². The van der Waals surface area contributed by atoms with Gasteiger partial charge in [-0.05, 0) is 25.8 Å². The summed E-state index contributed by atoms with van der Waals surface area (Å²) in [5.41, 5.74) is -1.30. The van der Waals surface area contributed by atoms with Gasteiger partial charge in [-0.3, -0.25) is 14.9 Å². The number of hydrogen-bond donors (Lipinski definition) is 0. The van der Waals surface area contributed by atoms with Crippen LogP contribution in [0.2, 0.25) is 0 Å². The smallest absolute Gasteiger partial charge is 0.276 e. The summed E-state index contributed by atoms with van der Waals surface area (Å²) in [5.74, 6) is -0.873. The van der Waals surface area contributed by atoms with Gasteiger partial charge in [0.2, 0.25) is 0 Å². The van der Waals surface area contributed by atoms with Crippen LogP contribution < -0.4 is 0 Å². The number of halogens is 1. The van der Waals surface area contributed by atoms with Crippen LogP contribution >= 0.6 is 0 Å². The Kier molecular flexibility index (Phi) is 2.26. The van der Waals surface area contributed by atoms with Crippen molar-refractivity contribution in [2.24, 2.45) is 0 Å². The fourth-order valence-corrected chi connectivity index (χ4v) is 2.04. The third-order valence-electron chi connectivity index (χ3n) is 3.09. The molecule has 0 bridgehead atoms. The Morgan fingerprint density at radius 2 is 2.12 bits per heavy atom. The van der Waals surface area contributed by atoms with Crippen molar-refractivity contribution >= 4 is 11.5 Å². The summed E-state index contributed by atoms with van der Waals surface area (Å²) in [4.78, 5) is 21.6. The zero-order valence-corrected chi connectivity index (χ0v) is 8.70. The molecule has 1 aromatic rings. The molecule has 1 aliphatic carbocycles. The molecular weight excluding hydrogens is 213 g/mol. The zero-order chi connectivity index (χ0) is 11.9. The van der Waals surface area contributed by atoms with Crippen molar-refractivity contribution in [1.82, 2.24) is 0 Å². The van der Waals surface area contributed by atoms with E-state index in [4.69, 9.17) is 0 Å². The molecule has 4 nitrogen and oxygen atoms in total. The van der Waals surface area contributed by atoms with E-state index >= 15 is 0 Å². The molecule has 0 amide bonds. The number of nitrogens with zero attached hydrogens (tertiary/aromatic N) is 1. The first-order chi connectivity index (χ1) is 7.49. The van der Waals surface area contributed by atoms with Crippen LogP contribution in [0.5, 0.6) is 0 Å². The second kappa shape index (κ2) is 3.37. The molecule has 0 radical (unpaired) electrons. The topological polar surface area (TPSA) is 60.2 Å². The Labute approximate surface area is 91.2 Å². The van der Waals surface area contributed by atoms with E-state index in [1.54, 1.807) is 0 Å². The molecule has 0 saturated heterocycles. The summed E-state index contributed by atoms with van der Waals surface area (Å²) in [6, 6.07) is 3.68. The normalized spacial score (nSPS) is 16.9. The molecule has 0 spiro atoms. The van der Waals surface area contributed by atoms with Crippen molar-refractivity contribution in [2.45, 2.75) is 25.2 Å². The summed E-state index contributed by atoms with van der Waals surface area (Å²) in [7, 11) is 0. The maximum Gasteiger partial charge on any atom is 0.276 e. The number of carbonyl (C=O) groups is 1. The van der Waals surface area contributed by atoms with Gasteiger partial charge in [-0.25, -0.2) is 4.39 Å². The van der Waals surface area contributed by atoms with Crippen molar-refractivity contribution in [3.8, 4) is 0 Å². The van der Waals surface area contributed by atoms with Gasteiger partial charge < -0.3 is 0 Å². The predicted molar refractivity (Wildman–Crippen MR) is 54.6 cm³/mol. The number of hydrogen-bond acceptors (Lipinski definition) is 3. The molecule has 0 aromatic heterocycles. The molecule has 2 rings (SSSR count). The number of carbonyl (C=O) groups excluding carboxylic acids is 1. The van der Waals surface area contributed by atoms with Crippen LogP contribution in [0, 0.1) is 15.9 Å². The fourth-order valence-electron chi connectivity index (χ4n) is 2.04. The van der Waals surface area contributed by atoms with Crippen LogP contribution in [-0.4, -0.2) is 10.7 Å². The third kappa shape index (κ3) is 1.39. The summed E-state index contributed by atoms with van der Waals surface area (Å²) in [6.45, 7) is 1.35. The van der Waals surface area contributed by atoms with Gasteiger partial charge in [-0.1, -0.05) is 6.07 Å². The molecule has 1 aromatic carbocycles. The first kappa shape index (κ1) is 10.7. The lowest BCUT2D eigenvalue weighted by atomic mass is 9.90. The van der Waals surface area contributed by atoms with Gasteiger partial charge in [0.15, 0.2) is 0 Å². The van der Waals surface area contributed by atoms with Crippen molar-refractivity contribution in [2.75, 3.05) is 0 Å². The summed E-state index contributed by atoms with van der Waals surface area (Å²) < 4.78 is 13.6. The molecule has 0 N–H and O–H groups in total. The quantitative estimate of drug-likeness (QED) is 0.583. The third-order valence-corrected chi connectivity index (χ3v) is 3.09. The largest absolute Gasteiger partial charge is 0.299 e. The summed E-state index contributed by atoms with van der Waals surface area (Å²) in [5, 5.41) is 10.8. The zero-order valence-electron chi connectivity index (χ0n) is 8.70. The van der Waals surface area contributed by atoms with E-state index in [2.05, 4.69) is 0 Å². The van der Waals surface area contributed by atoms with E-state index in [1.807, 2.05) is 0 Å². The van der Waals surface area contributed by atoms with Crippen molar-refractivity contribution in [3.05, 3.63) is 39.7 Å². The Balaban J connectivity index is 2.64. The first-order valence-electron chi connectivity index (χ1n) is 4.93. The second-order valence-electron chi connectivity index (χ2n) is 4.03. The van der Waals surface area contributed by atoms with Crippen molar-refractivity contribution < 1.29 is 14.1 Å². The number of nitro groups is 1. The summed E-state index contributed by atoms with van der Waals surface area (Å²) >= 11 is 0. The Morgan fingerprint density at radius 3 is 2.56 bits per heavy atom. The van der Waals surface area contributed by atoms with E-state index in [1.165, 1.54) is 19.1 Å². The van der Waals surface area contributed by atoms with Gasteiger partial charge in [0.1, 0.15) is 11.6 Å². The lowest BCUT2D eigenvalue weighted by Crippen LogP contribution is -2.20. The van der Waals surface area contributed by atoms with Gasteiger partial charge in [-0.2, -0.15) is 0 Å². The molecule has 0 unspecified atom stereocenters. The highest BCUT2D eigenvalue weighted by molar-refractivity contribution is 5.92. The maximum absolute atomic E-state index is 13.6. The number of rotatable bonds is 3. The van der Waals surface area contributed by atoms with E-state index < -0.39 is 16.2 Å². The van der Waals surface area contributed by atoms with Crippen molar-refractivity contribution in [1.29, 1.82) is 0 Å². The van der Waals surface area contributed by atoms with E-state index in [0.717, 1.165) is 6.07 Å². The van der Waals surface area contributed by atoms with Crippen molar-refractivity contribution in [3.63, 3.8) is 0 Å². The number of Topliss-reactive ketones (excluding diaryl/α,β-unsaturated/α-hetero) is 1. The molecule has 5 heteroatoms. The predicted octanol–water partition coefficient (Wildman–Crippen LogP) is 2.35. The SMILES string of the molecule is CC(=O)C1(c2c(F)cccc2[N+](=O)[O-])CC1. The van der Waals surface area contributed by atoms with Gasteiger partial charge in [0.05, 0.1) is 15.9 Å². The molecule has 16 heavy (non-hydrogen) atoms. The van der Waals surface area contributed by atoms with Crippen LogP contribution in [0.25, 0.3) is 0 Å². The molecule has 1 saturated carbocycles. The first-order valence-corrected chi connectivity index (χ1v) is 4.93. The number of benzene rings is 1. The highest BCUT2D eigenvalue weighted by atomic mass is 19.1. The van der Waals surface area contributed by atoms with Crippen LogP contribution in [0.3, 0.4) is 0 Å². The van der Waals surface area contributed by atoms with Crippen LogP contribution in [0.15, 0.2) is 18.2 Å². The monoisotopic (exact) mass is 223 g/mol. The van der Waals surface area contributed by atoms with Gasteiger partial charge in [0.25, 0.3) is 5.69 Å². The lowest BCUT2D eigenvalue weighted by molar-refractivity contribution is -0.386. The van der Waals surface area contributed by atoms with E-state index in [-0.39, 0.29) is 17.0 Å². The molecule has 1 aliphatic rings. The fraction of sp³-hybridized carbons (Fsp3) is 0.364.